The first-order valence-corrected chi connectivity index (χ1v) is 10.9. The molecule has 6 nitrogen and oxygen atoms in total. The summed E-state index contributed by atoms with van der Waals surface area (Å²) < 4.78 is 7.21. The van der Waals surface area contributed by atoms with Gasteiger partial charge in [0.05, 0.1) is 33.4 Å². The molecule has 164 valence electrons. The summed E-state index contributed by atoms with van der Waals surface area (Å²) in [6.45, 7) is 1.03. The van der Waals surface area contributed by atoms with E-state index in [9.17, 15) is 4.79 Å². The highest BCUT2D eigenvalue weighted by atomic mass is 35.5. The zero-order valence-corrected chi connectivity index (χ0v) is 19.3. The molecule has 0 saturated carbocycles. The number of aromatic nitrogens is 2. The number of carbonyl (C=O) groups is 1. The van der Waals surface area contributed by atoms with E-state index in [4.69, 9.17) is 39.5 Å². The Morgan fingerprint density at radius 2 is 1.78 bits per heavy atom. The molecular formula is C23H19Cl3N4O2. The van der Waals surface area contributed by atoms with Crippen LogP contribution < -0.4 is 10.6 Å². The number of amides is 1. The van der Waals surface area contributed by atoms with Crippen LogP contribution in [0.3, 0.4) is 0 Å². The molecule has 0 aliphatic carbocycles. The molecule has 1 amide bonds. The van der Waals surface area contributed by atoms with Crippen LogP contribution in [0.4, 0.5) is 17.3 Å². The third-order valence-corrected chi connectivity index (χ3v) is 5.68. The molecule has 1 heterocycles. The first-order valence-electron chi connectivity index (χ1n) is 9.73. The summed E-state index contributed by atoms with van der Waals surface area (Å²) in [5.74, 6) is 0.281. The van der Waals surface area contributed by atoms with Crippen LogP contribution in [0.2, 0.25) is 15.1 Å². The monoisotopic (exact) mass is 488 g/mol. The summed E-state index contributed by atoms with van der Waals surface area (Å²) in [6.07, 6.45) is 0. The number of para-hydroxylation sites is 1. The Balaban J connectivity index is 1.69. The van der Waals surface area contributed by atoms with Gasteiger partial charge >= 0.3 is 0 Å². The van der Waals surface area contributed by atoms with E-state index < -0.39 is 0 Å². The third-order valence-electron chi connectivity index (χ3n) is 4.81. The molecule has 2 N–H and O–H groups in total. The van der Waals surface area contributed by atoms with Crippen molar-refractivity contribution in [1.29, 1.82) is 0 Å². The highest BCUT2D eigenvalue weighted by molar-refractivity contribution is 6.39. The van der Waals surface area contributed by atoms with Gasteiger partial charge in [0.15, 0.2) is 0 Å². The predicted molar refractivity (Wildman–Crippen MR) is 131 cm³/mol. The van der Waals surface area contributed by atoms with Gasteiger partial charge in [-0.3, -0.25) is 4.79 Å². The van der Waals surface area contributed by atoms with Crippen molar-refractivity contribution >= 4 is 69.1 Å². The van der Waals surface area contributed by atoms with Crippen molar-refractivity contribution in [2.45, 2.75) is 6.54 Å². The number of ether oxygens (including phenoxy) is 1. The van der Waals surface area contributed by atoms with Crippen LogP contribution in [0.1, 0.15) is 10.4 Å². The molecule has 1 aromatic heterocycles. The Morgan fingerprint density at radius 1 is 1.03 bits per heavy atom. The van der Waals surface area contributed by atoms with Crippen LogP contribution >= 0.6 is 34.8 Å². The van der Waals surface area contributed by atoms with Crippen LogP contribution in [-0.2, 0) is 11.3 Å². The van der Waals surface area contributed by atoms with E-state index in [1.807, 2.05) is 10.6 Å². The summed E-state index contributed by atoms with van der Waals surface area (Å²) >= 11 is 18.6. The zero-order valence-electron chi connectivity index (χ0n) is 17.0. The van der Waals surface area contributed by atoms with Crippen LogP contribution in [-0.4, -0.2) is 29.2 Å². The van der Waals surface area contributed by atoms with Gasteiger partial charge in [0.25, 0.3) is 5.91 Å². The van der Waals surface area contributed by atoms with Gasteiger partial charge in [-0.1, -0.05) is 46.9 Å². The number of fused-ring (bicyclic) bond motifs is 1. The number of halogens is 3. The van der Waals surface area contributed by atoms with Gasteiger partial charge in [-0.2, -0.15) is 0 Å². The molecule has 0 atom stereocenters. The maximum absolute atomic E-state index is 12.8. The van der Waals surface area contributed by atoms with Gasteiger partial charge < -0.3 is 19.9 Å². The maximum atomic E-state index is 12.8. The van der Waals surface area contributed by atoms with Gasteiger partial charge in [0, 0.05) is 29.9 Å². The SMILES string of the molecule is COCCn1c(Nc2c(Cl)cccc2Cl)nc2cc(C(=O)Nc3cccc(Cl)c3)ccc21. The molecule has 32 heavy (non-hydrogen) atoms. The average Bonchev–Trinajstić information content (AvgIpc) is 3.11. The van der Waals surface area contributed by atoms with Crippen molar-refractivity contribution in [3.05, 3.63) is 81.3 Å². The quantitative estimate of drug-likeness (QED) is 0.305. The van der Waals surface area contributed by atoms with Crippen molar-refractivity contribution in [3.63, 3.8) is 0 Å². The van der Waals surface area contributed by atoms with Crippen LogP contribution in [0.5, 0.6) is 0 Å². The van der Waals surface area contributed by atoms with Crippen LogP contribution in [0, 0.1) is 0 Å². The number of benzene rings is 3. The molecule has 0 spiro atoms. The van der Waals surface area contributed by atoms with E-state index in [0.717, 1.165) is 5.52 Å². The number of anilines is 3. The molecular weight excluding hydrogens is 471 g/mol. The summed E-state index contributed by atoms with van der Waals surface area (Å²) in [6, 6.07) is 17.6. The summed E-state index contributed by atoms with van der Waals surface area (Å²) in [5, 5.41) is 7.56. The Morgan fingerprint density at radius 3 is 2.50 bits per heavy atom. The largest absolute Gasteiger partial charge is 0.383 e. The second-order valence-electron chi connectivity index (χ2n) is 6.97. The van der Waals surface area contributed by atoms with E-state index in [-0.39, 0.29) is 5.91 Å². The Labute approximate surface area is 200 Å². The zero-order chi connectivity index (χ0) is 22.7. The van der Waals surface area contributed by atoms with Gasteiger partial charge in [-0.15, -0.1) is 0 Å². The second-order valence-corrected chi connectivity index (χ2v) is 8.22. The lowest BCUT2D eigenvalue weighted by molar-refractivity contribution is 0.102. The van der Waals surface area contributed by atoms with Gasteiger partial charge in [0.2, 0.25) is 5.95 Å². The molecule has 4 rings (SSSR count). The van der Waals surface area contributed by atoms with E-state index in [1.54, 1.807) is 61.7 Å². The molecule has 0 saturated heterocycles. The number of rotatable bonds is 7. The maximum Gasteiger partial charge on any atom is 0.255 e. The first kappa shape index (κ1) is 22.4. The highest BCUT2D eigenvalue weighted by Crippen LogP contribution is 2.33. The van der Waals surface area contributed by atoms with Crippen molar-refractivity contribution in [2.75, 3.05) is 24.4 Å². The van der Waals surface area contributed by atoms with Crippen molar-refractivity contribution in [2.24, 2.45) is 0 Å². The van der Waals surface area contributed by atoms with E-state index >= 15 is 0 Å². The Hall–Kier alpha value is -2.77. The number of hydrogen-bond donors (Lipinski definition) is 2. The number of methoxy groups -OCH3 is 1. The standard InChI is InChI=1S/C23H19Cl3N4O2/c1-32-11-10-30-20-9-8-14(22(31)27-16-5-2-4-15(24)13-16)12-19(20)28-23(30)29-21-17(25)6-3-7-18(21)26/h2-9,12-13H,10-11H2,1H3,(H,27,31)(H,28,29). The molecule has 0 unspecified atom stereocenters. The molecule has 0 bridgehead atoms. The predicted octanol–water partition coefficient (Wildman–Crippen LogP) is 6.64. The highest BCUT2D eigenvalue weighted by Gasteiger charge is 2.16. The first-order chi connectivity index (χ1) is 15.5. The van der Waals surface area contributed by atoms with Gasteiger partial charge in [-0.25, -0.2) is 4.98 Å². The Bertz CT molecular complexity index is 1270. The number of imidazole rings is 1. The van der Waals surface area contributed by atoms with Gasteiger partial charge in [0.1, 0.15) is 0 Å². The molecule has 0 fully saturated rings. The smallest absolute Gasteiger partial charge is 0.255 e. The van der Waals surface area contributed by atoms with Crippen LogP contribution in [0.15, 0.2) is 60.7 Å². The molecule has 0 radical (unpaired) electrons. The minimum absolute atomic E-state index is 0.260. The van der Waals surface area contributed by atoms with E-state index in [0.29, 0.717) is 56.6 Å². The number of carbonyl (C=O) groups excluding carboxylic acids is 1. The molecule has 4 aromatic rings. The lowest BCUT2D eigenvalue weighted by atomic mass is 10.2. The fourth-order valence-electron chi connectivity index (χ4n) is 3.27. The fraction of sp³-hybridized carbons (Fsp3) is 0.130. The van der Waals surface area contributed by atoms with E-state index in [1.165, 1.54) is 0 Å². The molecule has 9 heteroatoms. The number of nitrogens with one attached hydrogen (secondary N) is 2. The van der Waals surface area contributed by atoms with Gasteiger partial charge in [-0.05, 0) is 48.5 Å². The summed E-state index contributed by atoms with van der Waals surface area (Å²) in [5.41, 5.74) is 3.13. The van der Waals surface area contributed by atoms with E-state index in [2.05, 4.69) is 15.6 Å². The Kier molecular flexibility index (Phi) is 6.86. The molecule has 0 aliphatic rings. The third kappa shape index (κ3) is 4.84. The second kappa shape index (κ2) is 9.79. The van der Waals surface area contributed by atoms with Crippen LogP contribution in [0.25, 0.3) is 11.0 Å². The normalized spacial score (nSPS) is 11.0. The minimum atomic E-state index is -0.260. The molecule has 0 aliphatic heterocycles. The number of hydrogen-bond acceptors (Lipinski definition) is 4. The minimum Gasteiger partial charge on any atom is -0.383 e. The van der Waals surface area contributed by atoms with Crippen molar-refractivity contribution in [3.8, 4) is 0 Å². The lowest BCUT2D eigenvalue weighted by Crippen LogP contribution is -2.12. The molecule has 3 aromatic carbocycles. The topological polar surface area (TPSA) is 68.2 Å². The van der Waals surface area contributed by atoms with Crippen molar-refractivity contribution in [1.82, 2.24) is 9.55 Å². The summed E-state index contributed by atoms with van der Waals surface area (Å²) in [7, 11) is 1.63. The number of nitrogens with zero attached hydrogens (tertiary/aromatic N) is 2. The summed E-state index contributed by atoms with van der Waals surface area (Å²) in [4.78, 5) is 17.4. The lowest BCUT2D eigenvalue weighted by Gasteiger charge is -2.12. The fourth-order valence-corrected chi connectivity index (χ4v) is 3.96. The average molecular weight is 490 g/mol. The van der Waals surface area contributed by atoms with Crippen molar-refractivity contribution < 1.29 is 9.53 Å².